The third kappa shape index (κ3) is 2.55. The number of nitrogens with one attached hydrogen (secondary N) is 2. The van der Waals surface area contributed by atoms with Crippen molar-refractivity contribution in [1.29, 1.82) is 0 Å². The lowest BCUT2D eigenvalue weighted by Gasteiger charge is -2.10. The molecule has 7 nitrogen and oxygen atoms in total. The number of anilines is 2. The average Bonchev–Trinajstić information content (AvgIpc) is 2.39. The van der Waals surface area contributed by atoms with Gasteiger partial charge in [0.25, 0.3) is 10.0 Å². The van der Waals surface area contributed by atoms with Crippen molar-refractivity contribution < 1.29 is 8.42 Å². The number of nitrogens with zero attached hydrogens (tertiary/aromatic N) is 2. The highest BCUT2D eigenvalue weighted by atomic mass is 32.2. The molecule has 0 atom stereocenters. The summed E-state index contributed by atoms with van der Waals surface area (Å²) in [6.45, 7) is 0. The molecule has 0 radical (unpaired) electrons. The number of sulfonamides is 1. The fourth-order valence-corrected chi connectivity index (χ4v) is 2.53. The Hall–Kier alpha value is -2.19. The van der Waals surface area contributed by atoms with Crippen molar-refractivity contribution in [1.82, 2.24) is 9.97 Å². The van der Waals surface area contributed by atoms with E-state index in [0.29, 0.717) is 5.69 Å². The molecule has 0 aliphatic carbocycles. The zero-order valence-electron chi connectivity index (χ0n) is 9.24. The van der Waals surface area contributed by atoms with Crippen LogP contribution in [0.1, 0.15) is 0 Å². The van der Waals surface area contributed by atoms with Crippen LogP contribution in [0.2, 0.25) is 0 Å². The normalized spacial score (nSPS) is 10.9. The van der Waals surface area contributed by atoms with Crippen LogP contribution < -0.4 is 16.0 Å². The number of aromatic nitrogens is 2. The molecule has 0 unspecified atom stereocenters. The highest BCUT2D eigenvalue weighted by Crippen LogP contribution is 2.21. The molecule has 0 aliphatic heterocycles. The van der Waals surface area contributed by atoms with Crippen LogP contribution >= 0.6 is 0 Å². The number of rotatable bonds is 4. The lowest BCUT2D eigenvalue weighted by atomic mass is 10.3. The minimum Gasteiger partial charge on any atom is -0.323 e. The van der Waals surface area contributed by atoms with Crippen LogP contribution in [0.15, 0.2) is 47.8 Å². The molecule has 0 amide bonds. The van der Waals surface area contributed by atoms with Gasteiger partial charge in [-0.15, -0.1) is 0 Å². The van der Waals surface area contributed by atoms with Gasteiger partial charge in [0.2, 0.25) is 0 Å². The highest BCUT2D eigenvalue weighted by molar-refractivity contribution is 7.92. The van der Waals surface area contributed by atoms with Gasteiger partial charge in [-0.2, -0.15) is 0 Å². The van der Waals surface area contributed by atoms with E-state index in [1.165, 1.54) is 24.7 Å². The van der Waals surface area contributed by atoms with E-state index >= 15 is 0 Å². The minimum atomic E-state index is -3.75. The van der Waals surface area contributed by atoms with Gasteiger partial charge in [0.05, 0.1) is 11.9 Å². The second kappa shape index (κ2) is 4.98. The Morgan fingerprint density at radius 3 is 2.61 bits per heavy atom. The van der Waals surface area contributed by atoms with E-state index in [0.717, 1.165) is 0 Å². The highest BCUT2D eigenvalue weighted by Gasteiger charge is 2.18. The molecule has 94 valence electrons. The smallest absolute Gasteiger partial charge is 0.265 e. The molecule has 1 heterocycles. The van der Waals surface area contributed by atoms with E-state index in [1.807, 2.05) is 0 Å². The topological polar surface area (TPSA) is 110 Å². The summed E-state index contributed by atoms with van der Waals surface area (Å²) in [6.07, 6.45) is 4.16. The summed E-state index contributed by atoms with van der Waals surface area (Å²) in [5.41, 5.74) is 2.63. The molecular weight excluding hydrogens is 254 g/mol. The Morgan fingerprint density at radius 1 is 1.17 bits per heavy atom. The second-order valence-electron chi connectivity index (χ2n) is 3.34. The number of nitrogen functional groups attached to an aromatic ring is 1. The summed E-state index contributed by atoms with van der Waals surface area (Å²) in [5, 5.41) is 0. The Labute approximate surface area is 104 Å². The van der Waals surface area contributed by atoms with Gasteiger partial charge in [0, 0.05) is 12.4 Å². The van der Waals surface area contributed by atoms with E-state index in [1.54, 1.807) is 18.2 Å². The quantitative estimate of drug-likeness (QED) is 0.550. The number of hydrazine groups is 1. The van der Waals surface area contributed by atoms with Crippen LogP contribution in [0.4, 0.5) is 11.5 Å². The summed E-state index contributed by atoms with van der Waals surface area (Å²) in [6, 6.07) is 6.28. The van der Waals surface area contributed by atoms with Gasteiger partial charge in [0.15, 0.2) is 5.82 Å². The third-order valence-electron chi connectivity index (χ3n) is 2.13. The maximum absolute atomic E-state index is 12.1. The molecule has 0 bridgehead atoms. The summed E-state index contributed by atoms with van der Waals surface area (Å²) in [4.78, 5) is 7.66. The number of benzene rings is 1. The average molecular weight is 265 g/mol. The molecule has 0 fully saturated rings. The van der Waals surface area contributed by atoms with Crippen molar-refractivity contribution in [2.75, 3.05) is 10.1 Å². The molecule has 2 rings (SSSR count). The van der Waals surface area contributed by atoms with Crippen LogP contribution in [0.3, 0.4) is 0 Å². The minimum absolute atomic E-state index is 0.0400. The van der Waals surface area contributed by atoms with E-state index in [-0.39, 0.29) is 10.7 Å². The van der Waals surface area contributed by atoms with Crippen LogP contribution in [-0.4, -0.2) is 18.4 Å². The van der Waals surface area contributed by atoms with E-state index in [4.69, 9.17) is 5.84 Å². The van der Waals surface area contributed by atoms with E-state index < -0.39 is 10.0 Å². The maximum atomic E-state index is 12.1. The zero-order valence-corrected chi connectivity index (χ0v) is 10.1. The molecule has 4 N–H and O–H groups in total. The Morgan fingerprint density at radius 2 is 1.94 bits per heavy atom. The largest absolute Gasteiger partial charge is 0.323 e. The van der Waals surface area contributed by atoms with Crippen LogP contribution in [0, 0.1) is 0 Å². The molecular formula is C10H11N5O2S. The molecule has 0 aliphatic rings. The molecule has 0 spiro atoms. The molecule has 1 aromatic heterocycles. The number of hydrogen-bond acceptors (Lipinski definition) is 6. The first kappa shape index (κ1) is 12.3. The second-order valence-corrected chi connectivity index (χ2v) is 4.99. The zero-order chi connectivity index (χ0) is 13.0. The number of para-hydroxylation sites is 1. The predicted molar refractivity (Wildman–Crippen MR) is 67.1 cm³/mol. The van der Waals surface area contributed by atoms with Gasteiger partial charge in [-0.3, -0.25) is 15.5 Å². The lowest BCUT2D eigenvalue weighted by molar-refractivity contribution is 0.601. The standard InChI is InChI=1S/C10H11N5O2S/c11-14-8-3-1-2-4-9(8)18(16,17)15-10-7-12-5-6-13-10/h1-7,14H,11H2,(H,13,15). The third-order valence-corrected chi connectivity index (χ3v) is 3.55. The van der Waals surface area contributed by atoms with Crippen LogP contribution in [0.5, 0.6) is 0 Å². The van der Waals surface area contributed by atoms with Gasteiger partial charge in [0.1, 0.15) is 4.90 Å². The van der Waals surface area contributed by atoms with Crippen molar-refractivity contribution in [3.63, 3.8) is 0 Å². The Bertz CT molecular complexity index is 630. The summed E-state index contributed by atoms with van der Waals surface area (Å²) in [7, 11) is -3.75. The van der Waals surface area contributed by atoms with Crippen molar-refractivity contribution in [3.8, 4) is 0 Å². The van der Waals surface area contributed by atoms with Crippen molar-refractivity contribution >= 4 is 21.5 Å². The monoisotopic (exact) mass is 265 g/mol. The molecule has 0 saturated heterocycles. The summed E-state index contributed by atoms with van der Waals surface area (Å²) in [5.74, 6) is 5.41. The first-order chi connectivity index (χ1) is 8.63. The first-order valence-corrected chi connectivity index (χ1v) is 6.46. The van der Waals surface area contributed by atoms with Gasteiger partial charge in [-0.25, -0.2) is 13.4 Å². The predicted octanol–water partition coefficient (Wildman–Crippen LogP) is 0.563. The van der Waals surface area contributed by atoms with Crippen LogP contribution in [0.25, 0.3) is 0 Å². The molecule has 18 heavy (non-hydrogen) atoms. The van der Waals surface area contributed by atoms with Gasteiger partial charge in [-0.05, 0) is 12.1 Å². The lowest BCUT2D eigenvalue weighted by Crippen LogP contribution is -2.18. The van der Waals surface area contributed by atoms with Gasteiger partial charge >= 0.3 is 0 Å². The van der Waals surface area contributed by atoms with Crippen molar-refractivity contribution in [2.45, 2.75) is 4.90 Å². The maximum Gasteiger partial charge on any atom is 0.265 e. The molecule has 0 saturated carbocycles. The van der Waals surface area contributed by atoms with Crippen LogP contribution in [-0.2, 0) is 10.0 Å². The Kier molecular flexibility index (Phi) is 3.40. The Balaban J connectivity index is 2.37. The summed E-state index contributed by atoms with van der Waals surface area (Å²) >= 11 is 0. The molecule has 8 heteroatoms. The van der Waals surface area contributed by atoms with Gasteiger partial charge < -0.3 is 5.43 Å². The SMILES string of the molecule is NNc1ccccc1S(=O)(=O)Nc1cnccn1. The van der Waals surface area contributed by atoms with Gasteiger partial charge in [-0.1, -0.05) is 12.1 Å². The van der Waals surface area contributed by atoms with E-state index in [2.05, 4.69) is 20.1 Å². The van der Waals surface area contributed by atoms with Crippen molar-refractivity contribution in [3.05, 3.63) is 42.9 Å². The van der Waals surface area contributed by atoms with Crippen molar-refractivity contribution in [2.24, 2.45) is 5.84 Å². The number of nitrogens with two attached hydrogens (primary N) is 1. The molecule has 2 aromatic rings. The summed E-state index contributed by atoms with van der Waals surface area (Å²) < 4.78 is 26.5. The fraction of sp³-hybridized carbons (Fsp3) is 0. The fourth-order valence-electron chi connectivity index (χ4n) is 1.36. The molecule has 1 aromatic carbocycles. The number of hydrogen-bond donors (Lipinski definition) is 3. The van der Waals surface area contributed by atoms with E-state index in [9.17, 15) is 8.42 Å². The first-order valence-electron chi connectivity index (χ1n) is 4.98.